The highest BCUT2D eigenvalue weighted by molar-refractivity contribution is 7.89. The second-order valence-corrected chi connectivity index (χ2v) is 17.0. The topological polar surface area (TPSA) is 115 Å². The van der Waals surface area contributed by atoms with Gasteiger partial charge in [-0.25, -0.2) is 17.5 Å². The summed E-state index contributed by atoms with van der Waals surface area (Å²) in [6.45, 7) is 10.7. The molecule has 54 heavy (non-hydrogen) atoms. The lowest BCUT2D eigenvalue weighted by Crippen LogP contribution is -2.56. The van der Waals surface area contributed by atoms with Crippen LogP contribution in [0.5, 0.6) is 5.75 Å². The normalized spacial score (nSPS) is 19.8. The SMILES string of the molecule is CCOc1ccc(S(=O)(=O)N(C)CC(C)C)cc1C1=NC(c2ccc(Cl)cc2)C(c2ccc(Cl)cc2)N1C(=O)N1CCN(CC(=O)N2CCOCC2)CC1. The molecule has 3 aromatic rings. The van der Waals surface area contributed by atoms with Gasteiger partial charge in [0.2, 0.25) is 15.9 Å². The molecule has 0 aliphatic carbocycles. The highest BCUT2D eigenvalue weighted by Gasteiger charge is 2.45. The highest BCUT2D eigenvalue weighted by Crippen LogP contribution is 2.46. The maximum absolute atomic E-state index is 15.1. The predicted molar refractivity (Wildman–Crippen MR) is 210 cm³/mol. The molecule has 6 rings (SSSR count). The Labute approximate surface area is 328 Å². The van der Waals surface area contributed by atoms with Crippen molar-refractivity contribution in [1.82, 2.24) is 23.9 Å². The van der Waals surface area contributed by atoms with Gasteiger partial charge in [-0.15, -0.1) is 0 Å². The molecule has 3 aromatic carbocycles. The van der Waals surface area contributed by atoms with Crippen molar-refractivity contribution in [1.29, 1.82) is 0 Å². The molecule has 0 bridgehead atoms. The summed E-state index contributed by atoms with van der Waals surface area (Å²) in [6.07, 6.45) is 0. The number of rotatable bonds is 11. The van der Waals surface area contributed by atoms with Crippen LogP contribution in [0.2, 0.25) is 10.0 Å². The summed E-state index contributed by atoms with van der Waals surface area (Å²) in [5.74, 6) is 0.852. The van der Waals surface area contributed by atoms with Gasteiger partial charge in [-0.05, 0) is 66.4 Å². The molecule has 3 heterocycles. The van der Waals surface area contributed by atoms with E-state index in [1.54, 1.807) is 53.2 Å². The molecule has 3 aliphatic rings. The lowest BCUT2D eigenvalue weighted by atomic mass is 9.93. The van der Waals surface area contributed by atoms with Gasteiger partial charge in [0.1, 0.15) is 17.6 Å². The van der Waals surface area contributed by atoms with Crippen molar-refractivity contribution in [3.8, 4) is 5.75 Å². The van der Waals surface area contributed by atoms with E-state index in [0.717, 1.165) is 11.1 Å². The first-order valence-corrected chi connectivity index (χ1v) is 20.5. The van der Waals surface area contributed by atoms with Gasteiger partial charge in [-0.1, -0.05) is 61.3 Å². The zero-order valence-corrected chi connectivity index (χ0v) is 33.5. The lowest BCUT2D eigenvalue weighted by Gasteiger charge is -2.39. The lowest BCUT2D eigenvalue weighted by molar-refractivity contribution is -0.136. The highest BCUT2D eigenvalue weighted by atomic mass is 35.5. The number of amides is 3. The minimum atomic E-state index is -3.91. The van der Waals surface area contributed by atoms with Gasteiger partial charge in [0.25, 0.3) is 0 Å². The van der Waals surface area contributed by atoms with Gasteiger partial charge in [0.15, 0.2) is 0 Å². The number of hydrogen-bond donors (Lipinski definition) is 0. The Hall–Kier alpha value is -3.72. The van der Waals surface area contributed by atoms with Crippen LogP contribution in [0.4, 0.5) is 4.79 Å². The van der Waals surface area contributed by atoms with Gasteiger partial charge in [0.05, 0.1) is 42.9 Å². The van der Waals surface area contributed by atoms with E-state index in [-0.39, 0.29) is 35.1 Å². The molecule has 12 nitrogen and oxygen atoms in total. The van der Waals surface area contributed by atoms with Gasteiger partial charge >= 0.3 is 6.03 Å². The smallest absolute Gasteiger partial charge is 0.326 e. The van der Waals surface area contributed by atoms with Crippen molar-refractivity contribution >= 4 is 51.0 Å². The number of hydrogen-bond acceptors (Lipinski definition) is 8. The van der Waals surface area contributed by atoms with Crippen LogP contribution in [0.15, 0.2) is 76.6 Å². The Balaban J connectivity index is 1.41. The van der Waals surface area contributed by atoms with E-state index < -0.39 is 22.1 Å². The number of carbonyl (C=O) groups is 2. The summed E-state index contributed by atoms with van der Waals surface area (Å²) in [4.78, 5) is 40.8. The van der Waals surface area contributed by atoms with Crippen LogP contribution in [0, 0.1) is 5.92 Å². The average molecular weight is 800 g/mol. The number of ether oxygens (including phenoxy) is 2. The third kappa shape index (κ3) is 8.87. The van der Waals surface area contributed by atoms with Crippen molar-refractivity contribution in [2.24, 2.45) is 10.9 Å². The number of carbonyl (C=O) groups excluding carboxylic acids is 2. The summed E-state index contributed by atoms with van der Waals surface area (Å²) < 4.78 is 40.7. The molecule has 15 heteroatoms. The molecule has 3 aliphatic heterocycles. The van der Waals surface area contributed by atoms with E-state index in [4.69, 9.17) is 37.7 Å². The third-order valence-electron chi connectivity index (χ3n) is 9.88. The molecule has 0 spiro atoms. The first kappa shape index (κ1) is 40.0. The minimum Gasteiger partial charge on any atom is -0.493 e. The van der Waals surface area contributed by atoms with E-state index >= 15 is 4.79 Å². The number of morpholine rings is 1. The summed E-state index contributed by atoms with van der Waals surface area (Å²) in [5.41, 5.74) is 1.99. The molecule has 2 fully saturated rings. The van der Waals surface area contributed by atoms with Crippen molar-refractivity contribution in [2.75, 3.05) is 79.2 Å². The molecule has 0 aromatic heterocycles. The van der Waals surface area contributed by atoms with Crippen LogP contribution in [0.3, 0.4) is 0 Å². The number of urea groups is 1. The van der Waals surface area contributed by atoms with E-state index in [2.05, 4.69) is 4.90 Å². The van der Waals surface area contributed by atoms with Crippen molar-refractivity contribution in [3.05, 3.63) is 93.5 Å². The van der Waals surface area contributed by atoms with Crippen molar-refractivity contribution in [2.45, 2.75) is 37.8 Å². The first-order chi connectivity index (χ1) is 25.9. The molecule has 0 saturated carbocycles. The fraction of sp³-hybridized carbons (Fsp3) is 0.462. The number of benzene rings is 3. The van der Waals surface area contributed by atoms with Crippen LogP contribution >= 0.6 is 23.2 Å². The van der Waals surface area contributed by atoms with E-state index in [1.807, 2.05) is 49.9 Å². The monoisotopic (exact) mass is 798 g/mol. The number of piperazine rings is 1. The maximum atomic E-state index is 15.1. The standard InChI is InChI=1S/C39H48Cl2N6O6S/c1-5-53-34-15-14-32(54(50,51)43(4)25-27(2)3)24-33(34)38-42-36(28-6-10-30(40)11-7-28)37(29-8-12-31(41)13-9-29)47(38)39(49)46-18-16-44(17-19-46)26-35(48)45-20-22-52-23-21-45/h6-15,24,27,36-37H,5,16-23,25-26H2,1-4H3. The summed E-state index contributed by atoms with van der Waals surface area (Å²) >= 11 is 12.7. The number of halogens is 2. The van der Waals surface area contributed by atoms with Crippen molar-refractivity contribution < 1.29 is 27.5 Å². The molecular weight excluding hydrogens is 751 g/mol. The van der Waals surface area contributed by atoms with Crippen molar-refractivity contribution in [3.63, 3.8) is 0 Å². The number of nitrogens with zero attached hydrogens (tertiary/aromatic N) is 6. The number of amidine groups is 1. The van der Waals surface area contributed by atoms with Crippen LogP contribution in [-0.2, 0) is 19.6 Å². The van der Waals surface area contributed by atoms with Crippen LogP contribution in [0.25, 0.3) is 0 Å². The Morgan fingerprint density at radius 2 is 1.50 bits per heavy atom. The van der Waals surface area contributed by atoms with Gasteiger partial charge < -0.3 is 19.3 Å². The maximum Gasteiger partial charge on any atom is 0.326 e. The average Bonchev–Trinajstić information content (AvgIpc) is 3.56. The third-order valence-corrected chi connectivity index (χ3v) is 12.2. The van der Waals surface area contributed by atoms with Crippen LogP contribution in [-0.4, -0.2) is 129 Å². The Morgan fingerprint density at radius 1 is 0.889 bits per heavy atom. The summed E-state index contributed by atoms with van der Waals surface area (Å²) in [6, 6.07) is 17.9. The molecule has 2 atom stereocenters. The fourth-order valence-electron chi connectivity index (χ4n) is 7.13. The number of aliphatic imine (C=N–C) groups is 1. The minimum absolute atomic E-state index is 0.0537. The molecule has 2 saturated heterocycles. The molecule has 0 radical (unpaired) electrons. The van der Waals surface area contributed by atoms with E-state index in [9.17, 15) is 13.2 Å². The van der Waals surface area contributed by atoms with E-state index in [1.165, 1.54) is 10.4 Å². The first-order valence-electron chi connectivity index (χ1n) is 18.4. The molecular formula is C39H48Cl2N6O6S. The zero-order chi connectivity index (χ0) is 38.6. The molecule has 3 amide bonds. The van der Waals surface area contributed by atoms with Gasteiger partial charge in [-0.2, -0.15) is 0 Å². The molecule has 290 valence electrons. The summed E-state index contributed by atoms with van der Waals surface area (Å²) in [5, 5.41) is 1.10. The predicted octanol–water partition coefficient (Wildman–Crippen LogP) is 5.81. The summed E-state index contributed by atoms with van der Waals surface area (Å²) in [7, 11) is -2.34. The fourth-order valence-corrected chi connectivity index (χ4v) is 8.74. The van der Waals surface area contributed by atoms with Crippen LogP contribution < -0.4 is 4.74 Å². The molecule has 0 N–H and O–H groups in total. The Bertz CT molecular complexity index is 1930. The Kier molecular flexibility index (Phi) is 12.9. The van der Waals surface area contributed by atoms with Crippen LogP contribution in [0.1, 0.15) is 49.5 Å². The quantitative estimate of drug-likeness (QED) is 0.241. The second-order valence-electron chi connectivity index (χ2n) is 14.1. The van der Waals surface area contributed by atoms with Gasteiger partial charge in [-0.3, -0.25) is 19.6 Å². The molecule has 2 unspecified atom stereocenters. The zero-order valence-electron chi connectivity index (χ0n) is 31.2. The Morgan fingerprint density at radius 3 is 2.09 bits per heavy atom. The largest absolute Gasteiger partial charge is 0.493 e. The van der Waals surface area contributed by atoms with Gasteiger partial charge in [0, 0.05) is 62.9 Å². The second kappa shape index (κ2) is 17.4. The number of sulfonamides is 1. The van der Waals surface area contributed by atoms with E-state index in [0.29, 0.717) is 87.0 Å².